The molecule has 0 unspecified atom stereocenters. The van der Waals surface area contributed by atoms with E-state index in [0.717, 1.165) is 43.3 Å². The Morgan fingerprint density at radius 1 is 1.09 bits per heavy atom. The lowest BCUT2D eigenvalue weighted by molar-refractivity contribution is -0.271. The molecule has 3 aliphatic rings. The number of halogens is 1. The summed E-state index contributed by atoms with van der Waals surface area (Å²) in [4.78, 5) is 18.5. The predicted molar refractivity (Wildman–Crippen MR) is 127 cm³/mol. The molecule has 0 spiro atoms. The molecule has 0 saturated carbocycles. The topological polar surface area (TPSA) is 156 Å². The van der Waals surface area contributed by atoms with E-state index < -0.39 is 36.7 Å². The number of fused-ring (bicyclic) bond motifs is 2. The number of nitrogens with one attached hydrogen (secondary N) is 2. The number of hydrogen-bond donors (Lipinski definition) is 6. The van der Waals surface area contributed by atoms with Crippen molar-refractivity contribution in [2.75, 3.05) is 31.5 Å². The van der Waals surface area contributed by atoms with Crippen LogP contribution in [-0.2, 0) is 9.53 Å². The zero-order valence-electron chi connectivity index (χ0n) is 18.5. The Bertz CT molecular complexity index is 1160. The van der Waals surface area contributed by atoms with Crippen LogP contribution in [0, 0.1) is 0 Å². The fraction of sp³-hybridized carbons (Fsp3) is 0.391. The number of hydrogen-bond acceptors (Lipinski definition) is 10. The van der Waals surface area contributed by atoms with Crippen LogP contribution in [0.2, 0.25) is 5.02 Å². The average molecular weight is 505 g/mol. The molecule has 2 saturated heterocycles. The molecule has 0 bridgehead atoms. The summed E-state index contributed by atoms with van der Waals surface area (Å²) in [7, 11) is 0. The summed E-state index contributed by atoms with van der Waals surface area (Å²) in [6.07, 6.45) is -8.68. The maximum Gasteiger partial charge on any atom is 0.335 e. The third kappa shape index (κ3) is 4.54. The second-order valence-electron chi connectivity index (χ2n) is 8.50. The van der Waals surface area contributed by atoms with Gasteiger partial charge in [0.1, 0.15) is 29.9 Å². The summed E-state index contributed by atoms with van der Waals surface area (Å²) >= 11 is 6.48. The first-order valence-corrected chi connectivity index (χ1v) is 11.5. The van der Waals surface area contributed by atoms with E-state index in [1.807, 2.05) is 24.3 Å². The summed E-state index contributed by atoms with van der Waals surface area (Å²) < 4.78 is 10.9. The standard InChI is InChI=1S/C23H25ClN4O7/c24-12-9-14-15(10-16(12)34-23-19(31)17(29)18(30)20(35-23)22(32)33)26-13-4-2-1-3-11(13)21(27-14)28-7-5-25-6-8-28/h1-4,9-10,17-20,23,25-26,29-31H,5-8H2,(H,32,33)/t17-,18-,19+,20-,23+/m0/s1. The van der Waals surface area contributed by atoms with Gasteiger partial charge in [0.15, 0.2) is 6.10 Å². The molecule has 2 fully saturated rings. The molecular weight excluding hydrogens is 480 g/mol. The average Bonchev–Trinajstić information content (AvgIpc) is 3.01. The quantitative estimate of drug-likeness (QED) is 0.351. The lowest BCUT2D eigenvalue weighted by atomic mass is 9.99. The van der Waals surface area contributed by atoms with E-state index in [1.54, 1.807) is 12.1 Å². The van der Waals surface area contributed by atoms with Crippen LogP contribution in [0.5, 0.6) is 5.75 Å². The Labute approximate surface area is 205 Å². The van der Waals surface area contributed by atoms with Crippen molar-refractivity contribution in [3.8, 4) is 5.75 Å². The normalized spacial score (nSPS) is 28.2. The van der Waals surface area contributed by atoms with Crippen molar-refractivity contribution in [3.05, 3.63) is 47.0 Å². The molecule has 0 aliphatic carbocycles. The minimum absolute atomic E-state index is 0.0769. The van der Waals surface area contributed by atoms with Gasteiger partial charge in [0, 0.05) is 43.5 Å². The number of rotatable bonds is 3. The molecule has 3 aliphatic heterocycles. The van der Waals surface area contributed by atoms with E-state index in [9.17, 15) is 25.2 Å². The number of aliphatic imine (C=N–C) groups is 1. The molecule has 12 heteroatoms. The van der Waals surface area contributed by atoms with Gasteiger partial charge in [-0.1, -0.05) is 23.7 Å². The molecule has 11 nitrogen and oxygen atoms in total. The van der Waals surface area contributed by atoms with Gasteiger partial charge in [-0.05, 0) is 18.2 Å². The van der Waals surface area contributed by atoms with Crippen molar-refractivity contribution < 1.29 is 34.7 Å². The van der Waals surface area contributed by atoms with E-state index in [0.29, 0.717) is 11.4 Å². The summed E-state index contributed by atoms with van der Waals surface area (Å²) in [6, 6.07) is 10.9. The number of ether oxygens (including phenoxy) is 2. The molecule has 2 aromatic carbocycles. The molecule has 0 aromatic heterocycles. The first-order valence-electron chi connectivity index (χ1n) is 11.2. The molecule has 0 radical (unpaired) electrons. The van der Waals surface area contributed by atoms with Gasteiger partial charge in [-0.15, -0.1) is 0 Å². The second-order valence-corrected chi connectivity index (χ2v) is 8.90. The first-order chi connectivity index (χ1) is 16.8. The number of amidine groups is 1. The zero-order valence-corrected chi connectivity index (χ0v) is 19.2. The van der Waals surface area contributed by atoms with Crippen LogP contribution in [0.15, 0.2) is 41.4 Å². The molecule has 186 valence electrons. The van der Waals surface area contributed by atoms with Gasteiger partial charge in [-0.25, -0.2) is 9.79 Å². The molecule has 5 rings (SSSR count). The SMILES string of the molecule is O=C(O)[C@H]1O[C@@H](Oc2cc3c(cc2Cl)N=C(N2CCNCC2)c2ccccc2N3)[C@H](O)[C@@H](O)[C@@H]1O. The maximum atomic E-state index is 11.4. The number of carboxylic acid groups (broad SMARTS) is 1. The third-order valence-electron chi connectivity index (χ3n) is 6.19. The minimum atomic E-state index is -1.82. The Morgan fingerprint density at radius 3 is 2.57 bits per heavy atom. The van der Waals surface area contributed by atoms with E-state index in [1.165, 1.54) is 0 Å². The smallest absolute Gasteiger partial charge is 0.335 e. The number of benzene rings is 2. The second kappa shape index (κ2) is 9.61. The minimum Gasteiger partial charge on any atom is -0.479 e. The number of piperazine rings is 1. The van der Waals surface area contributed by atoms with Crippen LogP contribution in [-0.4, -0.2) is 94.0 Å². The van der Waals surface area contributed by atoms with Gasteiger partial charge in [0.2, 0.25) is 6.29 Å². The maximum absolute atomic E-state index is 11.4. The molecule has 5 atom stereocenters. The number of carboxylic acids is 1. The molecule has 6 N–H and O–H groups in total. The number of anilines is 2. The third-order valence-corrected chi connectivity index (χ3v) is 6.48. The van der Waals surface area contributed by atoms with Crippen molar-refractivity contribution in [2.24, 2.45) is 4.99 Å². The van der Waals surface area contributed by atoms with Crippen LogP contribution >= 0.6 is 11.6 Å². The highest BCUT2D eigenvalue weighted by molar-refractivity contribution is 6.32. The van der Waals surface area contributed by atoms with Crippen LogP contribution in [0.25, 0.3) is 0 Å². The fourth-order valence-corrected chi connectivity index (χ4v) is 4.53. The summed E-state index contributed by atoms with van der Waals surface area (Å²) in [5.41, 5.74) is 2.89. The van der Waals surface area contributed by atoms with E-state index in [2.05, 4.69) is 15.5 Å². The van der Waals surface area contributed by atoms with Crippen LogP contribution in [0.4, 0.5) is 17.1 Å². The Hall–Kier alpha value is -2.93. The lowest BCUT2D eigenvalue weighted by Crippen LogP contribution is -2.61. The van der Waals surface area contributed by atoms with Crippen molar-refractivity contribution in [1.82, 2.24) is 10.2 Å². The van der Waals surface area contributed by atoms with E-state index in [-0.39, 0.29) is 10.8 Å². The van der Waals surface area contributed by atoms with E-state index >= 15 is 0 Å². The Morgan fingerprint density at radius 2 is 1.83 bits per heavy atom. The lowest BCUT2D eigenvalue weighted by Gasteiger charge is -2.38. The number of nitrogens with zero attached hydrogens (tertiary/aromatic N) is 2. The highest BCUT2D eigenvalue weighted by atomic mass is 35.5. The highest BCUT2D eigenvalue weighted by Crippen LogP contribution is 2.42. The van der Waals surface area contributed by atoms with Gasteiger partial charge >= 0.3 is 5.97 Å². The van der Waals surface area contributed by atoms with Crippen molar-refractivity contribution in [2.45, 2.75) is 30.7 Å². The fourth-order valence-electron chi connectivity index (χ4n) is 4.32. The van der Waals surface area contributed by atoms with Gasteiger partial charge in [0.25, 0.3) is 0 Å². The Kier molecular flexibility index (Phi) is 6.53. The van der Waals surface area contributed by atoms with Gasteiger partial charge < -0.3 is 45.4 Å². The van der Waals surface area contributed by atoms with Crippen LogP contribution in [0.3, 0.4) is 0 Å². The van der Waals surface area contributed by atoms with Gasteiger partial charge in [0.05, 0.1) is 16.4 Å². The predicted octanol–water partition coefficient (Wildman–Crippen LogP) is 0.651. The summed E-state index contributed by atoms with van der Waals surface area (Å²) in [5, 5.41) is 46.4. The monoisotopic (exact) mass is 504 g/mol. The number of para-hydroxylation sites is 1. The van der Waals surface area contributed by atoms with Crippen LogP contribution in [0.1, 0.15) is 5.56 Å². The molecule has 3 heterocycles. The zero-order chi connectivity index (χ0) is 24.7. The number of aliphatic carboxylic acids is 1. The number of carbonyl (C=O) groups is 1. The first kappa shape index (κ1) is 23.8. The van der Waals surface area contributed by atoms with Gasteiger partial charge in [-0.2, -0.15) is 0 Å². The summed E-state index contributed by atoms with van der Waals surface area (Å²) in [6.45, 7) is 3.29. The van der Waals surface area contributed by atoms with Gasteiger partial charge in [-0.3, -0.25) is 0 Å². The highest BCUT2D eigenvalue weighted by Gasteiger charge is 2.48. The van der Waals surface area contributed by atoms with Crippen molar-refractivity contribution in [1.29, 1.82) is 0 Å². The molecular formula is C23H25ClN4O7. The Balaban J connectivity index is 1.49. The number of aliphatic hydroxyl groups excluding tert-OH is 3. The van der Waals surface area contributed by atoms with E-state index in [4.69, 9.17) is 26.1 Å². The largest absolute Gasteiger partial charge is 0.479 e. The summed E-state index contributed by atoms with van der Waals surface area (Å²) in [5.74, 6) is -0.614. The number of aliphatic hydroxyl groups is 3. The van der Waals surface area contributed by atoms with Crippen LogP contribution < -0.4 is 15.4 Å². The molecule has 0 amide bonds. The molecule has 35 heavy (non-hydrogen) atoms. The van der Waals surface area contributed by atoms with Crippen molar-refractivity contribution >= 4 is 40.5 Å². The van der Waals surface area contributed by atoms with Crippen molar-refractivity contribution in [3.63, 3.8) is 0 Å². The molecule has 2 aromatic rings.